The van der Waals surface area contributed by atoms with E-state index in [9.17, 15) is 0 Å². The zero-order valence-corrected chi connectivity index (χ0v) is 11.0. The Morgan fingerprint density at radius 1 is 1.53 bits per heavy atom. The van der Waals surface area contributed by atoms with E-state index in [2.05, 4.69) is 24.4 Å². The number of benzene rings is 1. The van der Waals surface area contributed by atoms with E-state index >= 15 is 0 Å². The highest BCUT2D eigenvalue weighted by atomic mass is 16.5. The van der Waals surface area contributed by atoms with Gasteiger partial charge in [-0.15, -0.1) is 0 Å². The number of anilines is 1. The lowest BCUT2D eigenvalue weighted by molar-refractivity contribution is 0.272. The van der Waals surface area contributed by atoms with Crippen molar-refractivity contribution in [1.29, 1.82) is 10.7 Å². The van der Waals surface area contributed by atoms with Crippen LogP contribution in [0.4, 0.5) is 5.69 Å². The topological polar surface area (TPSA) is 107 Å². The van der Waals surface area contributed by atoms with Crippen LogP contribution in [-0.2, 0) is 0 Å². The van der Waals surface area contributed by atoms with Crippen LogP contribution in [-0.4, -0.2) is 18.2 Å². The van der Waals surface area contributed by atoms with Gasteiger partial charge in [0.05, 0.1) is 12.3 Å². The molecule has 1 aromatic rings. The summed E-state index contributed by atoms with van der Waals surface area (Å²) >= 11 is 0. The molecule has 0 bridgehead atoms. The quantitative estimate of drug-likeness (QED) is 0.412. The smallest absolute Gasteiger partial charge is 0.201 e. The van der Waals surface area contributed by atoms with Crippen molar-refractivity contribution >= 4 is 17.2 Å². The van der Waals surface area contributed by atoms with Gasteiger partial charge in [-0.05, 0) is 18.1 Å². The Morgan fingerprint density at radius 2 is 2.21 bits per heavy atom. The van der Waals surface area contributed by atoms with Gasteiger partial charge < -0.3 is 10.5 Å². The van der Waals surface area contributed by atoms with Crippen molar-refractivity contribution in [3.05, 3.63) is 24.3 Å². The van der Waals surface area contributed by atoms with Crippen LogP contribution in [0.15, 0.2) is 29.4 Å². The van der Waals surface area contributed by atoms with Crippen LogP contribution in [0, 0.1) is 22.7 Å². The SMILES string of the molecule is CC(C)COc1ccccc1N/N=C(\C#N)C(=N)N. The first kappa shape index (κ1) is 14.5. The van der Waals surface area contributed by atoms with Crippen LogP contribution in [0.1, 0.15) is 13.8 Å². The molecule has 19 heavy (non-hydrogen) atoms. The van der Waals surface area contributed by atoms with Gasteiger partial charge in [0, 0.05) is 0 Å². The van der Waals surface area contributed by atoms with E-state index < -0.39 is 0 Å². The summed E-state index contributed by atoms with van der Waals surface area (Å²) in [6, 6.07) is 8.98. The fourth-order valence-corrected chi connectivity index (χ4v) is 1.20. The molecule has 0 unspecified atom stereocenters. The first-order valence-electron chi connectivity index (χ1n) is 5.84. The number of nitrogens with zero attached hydrogens (tertiary/aromatic N) is 2. The van der Waals surface area contributed by atoms with Gasteiger partial charge in [-0.1, -0.05) is 26.0 Å². The normalized spacial score (nSPS) is 10.9. The first-order chi connectivity index (χ1) is 9.04. The van der Waals surface area contributed by atoms with Gasteiger partial charge in [0.25, 0.3) is 0 Å². The van der Waals surface area contributed by atoms with E-state index in [1.54, 1.807) is 18.2 Å². The largest absolute Gasteiger partial charge is 0.491 e. The van der Waals surface area contributed by atoms with Gasteiger partial charge >= 0.3 is 0 Å². The summed E-state index contributed by atoms with van der Waals surface area (Å²) in [6.45, 7) is 4.69. The van der Waals surface area contributed by atoms with E-state index in [0.29, 0.717) is 24.0 Å². The molecule has 0 spiro atoms. The molecule has 1 rings (SSSR count). The molecule has 0 aliphatic rings. The Morgan fingerprint density at radius 3 is 2.79 bits per heavy atom. The summed E-state index contributed by atoms with van der Waals surface area (Å²) in [5, 5.41) is 19.7. The van der Waals surface area contributed by atoms with E-state index in [1.807, 2.05) is 12.1 Å². The molecule has 0 aliphatic heterocycles. The van der Waals surface area contributed by atoms with Crippen molar-refractivity contribution in [2.24, 2.45) is 16.8 Å². The highest BCUT2D eigenvalue weighted by Gasteiger charge is 2.05. The number of hydrogen-bond acceptors (Lipinski definition) is 5. The summed E-state index contributed by atoms with van der Waals surface area (Å²) < 4.78 is 5.63. The first-order valence-corrected chi connectivity index (χ1v) is 5.84. The summed E-state index contributed by atoms with van der Waals surface area (Å²) in [6.07, 6.45) is 0. The fraction of sp³-hybridized carbons (Fsp3) is 0.308. The molecule has 0 radical (unpaired) electrons. The maximum atomic E-state index is 8.75. The van der Waals surface area contributed by atoms with Gasteiger partial charge in [-0.3, -0.25) is 10.8 Å². The zero-order valence-electron chi connectivity index (χ0n) is 11.0. The minimum Gasteiger partial charge on any atom is -0.491 e. The lowest BCUT2D eigenvalue weighted by atomic mass is 10.2. The predicted molar refractivity (Wildman–Crippen MR) is 75.4 cm³/mol. The fourth-order valence-electron chi connectivity index (χ4n) is 1.20. The van der Waals surface area contributed by atoms with Crippen LogP contribution < -0.4 is 15.9 Å². The molecule has 0 aromatic heterocycles. The van der Waals surface area contributed by atoms with Crippen molar-refractivity contribution in [3.63, 3.8) is 0 Å². The lowest BCUT2D eigenvalue weighted by Gasteiger charge is -2.12. The number of amidine groups is 1. The molecule has 0 atom stereocenters. The number of nitrogens with two attached hydrogens (primary N) is 1. The number of para-hydroxylation sites is 2. The molecular formula is C13H17N5O. The van der Waals surface area contributed by atoms with Crippen LogP contribution in [0.25, 0.3) is 0 Å². The van der Waals surface area contributed by atoms with Crippen molar-refractivity contribution in [1.82, 2.24) is 0 Å². The average Bonchev–Trinajstić information content (AvgIpc) is 2.37. The van der Waals surface area contributed by atoms with E-state index in [4.69, 9.17) is 21.1 Å². The maximum Gasteiger partial charge on any atom is 0.201 e. The molecule has 6 nitrogen and oxygen atoms in total. The number of rotatable bonds is 6. The summed E-state index contributed by atoms with van der Waals surface area (Å²) in [4.78, 5) is 0. The van der Waals surface area contributed by atoms with Gasteiger partial charge in [0.2, 0.25) is 5.71 Å². The van der Waals surface area contributed by atoms with Crippen LogP contribution in [0.3, 0.4) is 0 Å². The molecule has 1 aromatic carbocycles. The molecule has 6 heteroatoms. The van der Waals surface area contributed by atoms with Gasteiger partial charge in [-0.25, -0.2) is 0 Å². The van der Waals surface area contributed by atoms with Crippen LogP contribution >= 0.6 is 0 Å². The molecule has 0 saturated heterocycles. The van der Waals surface area contributed by atoms with Gasteiger partial charge in [-0.2, -0.15) is 10.4 Å². The third kappa shape index (κ3) is 4.68. The Balaban J connectivity index is 2.84. The Bertz CT molecular complexity index is 516. The highest BCUT2D eigenvalue weighted by molar-refractivity contribution is 6.45. The molecule has 0 aliphatic carbocycles. The van der Waals surface area contributed by atoms with Crippen molar-refractivity contribution in [2.75, 3.05) is 12.0 Å². The van der Waals surface area contributed by atoms with E-state index in [-0.39, 0.29) is 11.5 Å². The third-order valence-corrected chi connectivity index (χ3v) is 2.11. The summed E-state index contributed by atoms with van der Waals surface area (Å²) in [7, 11) is 0. The summed E-state index contributed by atoms with van der Waals surface area (Å²) in [5.74, 6) is 0.666. The average molecular weight is 259 g/mol. The minimum absolute atomic E-state index is 0.168. The second-order valence-corrected chi connectivity index (χ2v) is 4.30. The van der Waals surface area contributed by atoms with Crippen molar-refractivity contribution in [3.8, 4) is 11.8 Å². The minimum atomic E-state index is -0.379. The zero-order chi connectivity index (χ0) is 14.3. The second kappa shape index (κ2) is 7.01. The molecular weight excluding hydrogens is 242 g/mol. The molecule has 100 valence electrons. The van der Waals surface area contributed by atoms with E-state index in [1.165, 1.54) is 0 Å². The standard InChI is InChI=1S/C13H17N5O/c1-9(2)8-19-12-6-4-3-5-10(12)17-18-11(7-14)13(15)16/h3-6,9,17H,8H2,1-2H3,(H3,15,16)/b18-11+. The van der Waals surface area contributed by atoms with E-state index in [0.717, 1.165) is 0 Å². The number of ether oxygens (including phenoxy) is 1. The summed E-state index contributed by atoms with van der Waals surface area (Å²) in [5.41, 5.74) is 8.35. The molecule has 0 heterocycles. The Labute approximate surface area is 112 Å². The lowest BCUT2D eigenvalue weighted by Crippen LogP contribution is -2.22. The highest BCUT2D eigenvalue weighted by Crippen LogP contribution is 2.24. The van der Waals surface area contributed by atoms with Gasteiger partial charge in [0.15, 0.2) is 5.84 Å². The molecule has 0 amide bonds. The molecule has 0 saturated carbocycles. The second-order valence-electron chi connectivity index (χ2n) is 4.30. The van der Waals surface area contributed by atoms with Crippen molar-refractivity contribution in [2.45, 2.75) is 13.8 Å². The Kier molecular flexibility index (Phi) is 5.35. The monoisotopic (exact) mass is 259 g/mol. The predicted octanol–water partition coefficient (Wildman–Crippen LogP) is 1.95. The van der Waals surface area contributed by atoms with Crippen molar-refractivity contribution < 1.29 is 4.74 Å². The number of hydrazone groups is 1. The molecule has 4 N–H and O–H groups in total. The number of hydrogen-bond donors (Lipinski definition) is 3. The van der Waals surface area contributed by atoms with Crippen LogP contribution in [0.2, 0.25) is 0 Å². The number of nitrogens with one attached hydrogen (secondary N) is 2. The molecule has 0 fully saturated rings. The third-order valence-electron chi connectivity index (χ3n) is 2.11. The maximum absolute atomic E-state index is 8.75. The Hall–Kier alpha value is -2.55. The van der Waals surface area contributed by atoms with Crippen LogP contribution in [0.5, 0.6) is 5.75 Å². The van der Waals surface area contributed by atoms with Gasteiger partial charge in [0.1, 0.15) is 11.8 Å². The number of nitriles is 1.